The molecule has 138 valence electrons. The van der Waals surface area contributed by atoms with E-state index in [2.05, 4.69) is 34.5 Å². The molecule has 1 saturated heterocycles. The standard InChI is InChI=1S/C20H31N3O2/c1-20(2,3)14-18(24)21-15-19(25)23-11-7-10-22(12-13-23)16-17-8-5-4-6-9-17/h4-6,8-9H,7,10-16H2,1-3H3,(H,21,24). The van der Waals surface area contributed by atoms with Crippen LogP contribution in [-0.2, 0) is 16.1 Å². The van der Waals surface area contributed by atoms with Gasteiger partial charge in [0.15, 0.2) is 0 Å². The van der Waals surface area contributed by atoms with Crippen LogP contribution in [0.5, 0.6) is 0 Å². The molecule has 1 aliphatic heterocycles. The summed E-state index contributed by atoms with van der Waals surface area (Å²) < 4.78 is 0. The van der Waals surface area contributed by atoms with Gasteiger partial charge in [-0.2, -0.15) is 0 Å². The summed E-state index contributed by atoms with van der Waals surface area (Å²) in [4.78, 5) is 28.5. The molecule has 0 bridgehead atoms. The number of hydrogen-bond acceptors (Lipinski definition) is 3. The third kappa shape index (κ3) is 7.26. The molecule has 1 aromatic carbocycles. The zero-order valence-electron chi connectivity index (χ0n) is 15.8. The van der Waals surface area contributed by atoms with Crippen molar-refractivity contribution >= 4 is 11.8 Å². The highest BCUT2D eigenvalue weighted by Crippen LogP contribution is 2.17. The molecule has 0 aromatic heterocycles. The third-order valence-corrected chi connectivity index (χ3v) is 4.32. The Labute approximate surface area is 151 Å². The molecule has 0 atom stereocenters. The van der Waals surface area contributed by atoms with Crippen LogP contribution in [0.2, 0.25) is 0 Å². The van der Waals surface area contributed by atoms with Crippen LogP contribution >= 0.6 is 0 Å². The molecule has 5 heteroatoms. The largest absolute Gasteiger partial charge is 0.347 e. The van der Waals surface area contributed by atoms with Crippen molar-refractivity contribution < 1.29 is 9.59 Å². The first-order valence-corrected chi connectivity index (χ1v) is 9.14. The van der Waals surface area contributed by atoms with Crippen molar-refractivity contribution in [3.05, 3.63) is 35.9 Å². The lowest BCUT2D eigenvalue weighted by Gasteiger charge is -2.23. The SMILES string of the molecule is CC(C)(C)CC(=O)NCC(=O)N1CCCN(Cc2ccccc2)CC1. The summed E-state index contributed by atoms with van der Waals surface area (Å²) >= 11 is 0. The van der Waals surface area contributed by atoms with E-state index in [0.29, 0.717) is 6.42 Å². The zero-order valence-corrected chi connectivity index (χ0v) is 15.8. The van der Waals surface area contributed by atoms with Gasteiger partial charge in [-0.3, -0.25) is 14.5 Å². The average Bonchev–Trinajstić information content (AvgIpc) is 2.78. The quantitative estimate of drug-likeness (QED) is 0.891. The van der Waals surface area contributed by atoms with Crippen LogP contribution in [0.4, 0.5) is 0 Å². The smallest absolute Gasteiger partial charge is 0.242 e. The van der Waals surface area contributed by atoms with Crippen molar-refractivity contribution in [2.75, 3.05) is 32.7 Å². The van der Waals surface area contributed by atoms with Gasteiger partial charge in [0.05, 0.1) is 6.54 Å². The average molecular weight is 345 g/mol. The van der Waals surface area contributed by atoms with Crippen molar-refractivity contribution in [2.24, 2.45) is 5.41 Å². The Hall–Kier alpha value is -1.88. The highest BCUT2D eigenvalue weighted by Gasteiger charge is 2.21. The van der Waals surface area contributed by atoms with E-state index in [0.717, 1.165) is 39.1 Å². The van der Waals surface area contributed by atoms with Crippen molar-refractivity contribution in [1.29, 1.82) is 0 Å². The number of hydrogen-bond donors (Lipinski definition) is 1. The minimum Gasteiger partial charge on any atom is -0.347 e. The highest BCUT2D eigenvalue weighted by molar-refractivity contribution is 5.85. The topological polar surface area (TPSA) is 52.7 Å². The van der Waals surface area contributed by atoms with E-state index in [4.69, 9.17) is 0 Å². The minimum absolute atomic E-state index is 0.0174. The molecule has 0 spiro atoms. The monoisotopic (exact) mass is 345 g/mol. The van der Waals surface area contributed by atoms with E-state index in [1.807, 2.05) is 31.7 Å². The summed E-state index contributed by atoms with van der Waals surface area (Å²) in [6.07, 6.45) is 1.40. The summed E-state index contributed by atoms with van der Waals surface area (Å²) in [6, 6.07) is 10.4. The van der Waals surface area contributed by atoms with Gasteiger partial charge in [-0.25, -0.2) is 0 Å². The Morgan fingerprint density at radius 3 is 2.44 bits per heavy atom. The van der Waals surface area contributed by atoms with E-state index in [1.165, 1.54) is 5.56 Å². The first-order valence-electron chi connectivity index (χ1n) is 9.14. The highest BCUT2D eigenvalue weighted by atomic mass is 16.2. The maximum atomic E-state index is 12.4. The Balaban J connectivity index is 1.76. The van der Waals surface area contributed by atoms with Gasteiger partial charge < -0.3 is 10.2 Å². The van der Waals surface area contributed by atoms with E-state index in [-0.39, 0.29) is 23.8 Å². The second-order valence-corrected chi connectivity index (χ2v) is 8.01. The maximum Gasteiger partial charge on any atom is 0.242 e. The Morgan fingerprint density at radius 2 is 1.76 bits per heavy atom. The van der Waals surface area contributed by atoms with E-state index in [1.54, 1.807) is 0 Å². The molecular formula is C20H31N3O2. The molecule has 1 N–H and O–H groups in total. The lowest BCUT2D eigenvalue weighted by molar-refractivity contribution is -0.133. The van der Waals surface area contributed by atoms with Gasteiger partial charge >= 0.3 is 0 Å². The van der Waals surface area contributed by atoms with Crippen LogP contribution in [0.15, 0.2) is 30.3 Å². The molecule has 1 aromatic rings. The lowest BCUT2D eigenvalue weighted by atomic mass is 9.92. The number of nitrogens with zero attached hydrogens (tertiary/aromatic N) is 2. The molecule has 2 rings (SSSR count). The summed E-state index contributed by atoms with van der Waals surface area (Å²) in [6.45, 7) is 10.4. The Kier molecular flexibility index (Phi) is 7.00. The summed E-state index contributed by atoms with van der Waals surface area (Å²) in [7, 11) is 0. The van der Waals surface area contributed by atoms with Crippen LogP contribution in [0.25, 0.3) is 0 Å². The second-order valence-electron chi connectivity index (χ2n) is 8.01. The van der Waals surface area contributed by atoms with Gasteiger partial charge in [-0.05, 0) is 17.4 Å². The minimum atomic E-state index is -0.0618. The van der Waals surface area contributed by atoms with Crippen molar-refractivity contribution in [3.63, 3.8) is 0 Å². The van der Waals surface area contributed by atoms with Gasteiger partial charge in [-0.15, -0.1) is 0 Å². The molecule has 1 aliphatic rings. The van der Waals surface area contributed by atoms with Crippen LogP contribution in [-0.4, -0.2) is 54.3 Å². The number of carbonyl (C=O) groups excluding carboxylic acids is 2. The van der Waals surface area contributed by atoms with E-state index >= 15 is 0 Å². The third-order valence-electron chi connectivity index (χ3n) is 4.32. The number of benzene rings is 1. The van der Waals surface area contributed by atoms with Crippen molar-refractivity contribution in [2.45, 2.75) is 40.2 Å². The molecule has 5 nitrogen and oxygen atoms in total. The van der Waals surface area contributed by atoms with Gasteiger partial charge in [0.25, 0.3) is 0 Å². The number of amides is 2. The predicted octanol–water partition coefficient (Wildman–Crippen LogP) is 2.27. The lowest BCUT2D eigenvalue weighted by Crippen LogP contribution is -2.42. The molecular weight excluding hydrogens is 314 g/mol. The Morgan fingerprint density at radius 1 is 1.04 bits per heavy atom. The van der Waals surface area contributed by atoms with Gasteiger partial charge in [0.1, 0.15) is 0 Å². The van der Waals surface area contributed by atoms with Gasteiger partial charge in [-0.1, -0.05) is 51.1 Å². The first-order chi connectivity index (χ1) is 11.8. The molecule has 0 radical (unpaired) electrons. The Bertz CT molecular complexity index is 566. The van der Waals surface area contributed by atoms with Gasteiger partial charge in [0, 0.05) is 39.1 Å². The fourth-order valence-corrected chi connectivity index (χ4v) is 3.05. The fourth-order valence-electron chi connectivity index (χ4n) is 3.05. The summed E-state index contributed by atoms with van der Waals surface area (Å²) in [5.74, 6) is -0.0369. The summed E-state index contributed by atoms with van der Waals surface area (Å²) in [5, 5.41) is 2.76. The van der Waals surface area contributed by atoms with Crippen LogP contribution in [0, 0.1) is 5.41 Å². The predicted molar refractivity (Wildman–Crippen MR) is 100.0 cm³/mol. The van der Waals surface area contributed by atoms with Gasteiger partial charge in [0.2, 0.25) is 11.8 Å². The molecule has 1 heterocycles. The second kappa shape index (κ2) is 8.99. The number of carbonyl (C=O) groups is 2. The first kappa shape index (κ1) is 19.4. The zero-order chi connectivity index (χ0) is 18.3. The fraction of sp³-hybridized carbons (Fsp3) is 0.600. The molecule has 0 saturated carbocycles. The maximum absolute atomic E-state index is 12.4. The van der Waals surface area contributed by atoms with Crippen molar-refractivity contribution in [3.8, 4) is 0 Å². The van der Waals surface area contributed by atoms with E-state index < -0.39 is 0 Å². The van der Waals surface area contributed by atoms with Crippen molar-refractivity contribution in [1.82, 2.24) is 15.1 Å². The number of nitrogens with one attached hydrogen (secondary N) is 1. The molecule has 1 fully saturated rings. The van der Waals surface area contributed by atoms with Crippen LogP contribution in [0.1, 0.15) is 39.2 Å². The van der Waals surface area contributed by atoms with Crippen LogP contribution < -0.4 is 5.32 Å². The molecule has 2 amide bonds. The molecule has 0 unspecified atom stereocenters. The molecule has 25 heavy (non-hydrogen) atoms. The molecule has 0 aliphatic carbocycles. The van der Waals surface area contributed by atoms with Crippen LogP contribution in [0.3, 0.4) is 0 Å². The summed E-state index contributed by atoms with van der Waals surface area (Å²) in [5.41, 5.74) is 1.24. The number of rotatable bonds is 5. The normalized spacial score (nSPS) is 16.4. The van der Waals surface area contributed by atoms with E-state index in [9.17, 15) is 9.59 Å².